The van der Waals surface area contributed by atoms with Gasteiger partial charge < -0.3 is 10.7 Å². The van der Waals surface area contributed by atoms with E-state index in [0.29, 0.717) is 5.56 Å². The van der Waals surface area contributed by atoms with Crippen LogP contribution in [0, 0.1) is 0 Å². The van der Waals surface area contributed by atoms with Crippen molar-refractivity contribution >= 4 is 27.7 Å². The number of primary amides is 1. The minimum atomic E-state index is -0.427. The number of H-pyrrole nitrogens is 1. The van der Waals surface area contributed by atoms with Crippen LogP contribution in [0.25, 0.3) is 21.8 Å². The lowest BCUT2D eigenvalue weighted by molar-refractivity contribution is 0.100. The van der Waals surface area contributed by atoms with E-state index >= 15 is 0 Å². The number of carbonyl (C=O) groups is 1. The number of aromatic amines is 1. The summed E-state index contributed by atoms with van der Waals surface area (Å²) in [6, 6.07) is 20.1. The lowest BCUT2D eigenvalue weighted by Crippen LogP contribution is -2.10. The molecular formula is C20H17N3O. The Morgan fingerprint density at radius 2 is 1.83 bits per heavy atom. The molecule has 1 aromatic heterocycles. The maximum Gasteiger partial charge on any atom is 0.248 e. The van der Waals surface area contributed by atoms with E-state index in [1.165, 1.54) is 16.3 Å². The molecule has 0 fully saturated rings. The topological polar surface area (TPSA) is 71.8 Å². The highest BCUT2D eigenvalue weighted by Crippen LogP contribution is 2.20. The Kier molecular flexibility index (Phi) is 3.50. The van der Waals surface area contributed by atoms with Crippen LogP contribution in [0.5, 0.6) is 0 Å². The van der Waals surface area contributed by atoms with Gasteiger partial charge in [0.25, 0.3) is 0 Å². The lowest BCUT2D eigenvalue weighted by atomic mass is 10.0. The van der Waals surface area contributed by atoms with Crippen molar-refractivity contribution in [1.29, 1.82) is 0 Å². The second-order valence-corrected chi connectivity index (χ2v) is 5.92. The quantitative estimate of drug-likeness (QED) is 0.604. The fourth-order valence-electron chi connectivity index (χ4n) is 3.10. The molecule has 0 aliphatic heterocycles. The van der Waals surface area contributed by atoms with Crippen LogP contribution in [0.3, 0.4) is 0 Å². The summed E-state index contributed by atoms with van der Waals surface area (Å²) in [6.07, 6.45) is 1.72. The number of nitrogens with two attached hydrogens (primary N) is 1. The van der Waals surface area contributed by atoms with Gasteiger partial charge in [0.1, 0.15) is 5.82 Å². The average molecular weight is 315 g/mol. The molecule has 0 aliphatic rings. The second-order valence-electron chi connectivity index (χ2n) is 5.92. The Morgan fingerprint density at radius 1 is 1.00 bits per heavy atom. The maximum atomic E-state index is 11.3. The van der Waals surface area contributed by atoms with Crippen molar-refractivity contribution in [1.82, 2.24) is 9.97 Å². The van der Waals surface area contributed by atoms with Crippen LogP contribution >= 0.6 is 0 Å². The van der Waals surface area contributed by atoms with Gasteiger partial charge in [-0.2, -0.15) is 0 Å². The summed E-state index contributed by atoms with van der Waals surface area (Å²) >= 11 is 0. The third-order valence-electron chi connectivity index (χ3n) is 4.33. The van der Waals surface area contributed by atoms with E-state index < -0.39 is 5.91 Å². The first kappa shape index (κ1) is 14.5. The Labute approximate surface area is 139 Å². The predicted octanol–water partition coefficient (Wildman–Crippen LogP) is 3.60. The van der Waals surface area contributed by atoms with Crippen molar-refractivity contribution in [3.63, 3.8) is 0 Å². The van der Waals surface area contributed by atoms with Crippen LogP contribution in [0.1, 0.15) is 21.7 Å². The van der Waals surface area contributed by atoms with Crippen LogP contribution in [0.2, 0.25) is 0 Å². The molecule has 0 radical (unpaired) electrons. The van der Waals surface area contributed by atoms with Gasteiger partial charge in [-0.15, -0.1) is 0 Å². The van der Waals surface area contributed by atoms with Gasteiger partial charge in [0.15, 0.2) is 0 Å². The van der Waals surface area contributed by atoms with E-state index in [2.05, 4.69) is 52.4 Å². The molecule has 4 heteroatoms. The zero-order valence-corrected chi connectivity index (χ0v) is 13.1. The molecule has 0 atom stereocenters. The van der Waals surface area contributed by atoms with Gasteiger partial charge >= 0.3 is 0 Å². The first-order chi connectivity index (χ1) is 11.7. The van der Waals surface area contributed by atoms with Gasteiger partial charge in [0.2, 0.25) is 5.91 Å². The third-order valence-corrected chi connectivity index (χ3v) is 4.33. The first-order valence-electron chi connectivity index (χ1n) is 7.96. The van der Waals surface area contributed by atoms with E-state index in [0.717, 1.165) is 29.7 Å². The molecule has 3 aromatic carbocycles. The zero-order chi connectivity index (χ0) is 16.5. The van der Waals surface area contributed by atoms with Crippen LogP contribution in [-0.2, 0) is 12.8 Å². The number of nitrogens with zero attached hydrogens (tertiary/aromatic N) is 1. The smallest absolute Gasteiger partial charge is 0.248 e. The minimum Gasteiger partial charge on any atom is -0.366 e. The van der Waals surface area contributed by atoms with Crippen LogP contribution < -0.4 is 5.73 Å². The molecule has 3 N–H and O–H groups in total. The molecule has 0 aliphatic carbocycles. The van der Waals surface area contributed by atoms with E-state index in [9.17, 15) is 4.79 Å². The van der Waals surface area contributed by atoms with Crippen LogP contribution in [0.15, 0.2) is 60.7 Å². The summed E-state index contributed by atoms with van der Waals surface area (Å²) in [7, 11) is 0. The Bertz CT molecular complexity index is 1040. The van der Waals surface area contributed by atoms with Gasteiger partial charge in [-0.25, -0.2) is 4.98 Å². The van der Waals surface area contributed by atoms with Crippen molar-refractivity contribution in [3.05, 3.63) is 77.6 Å². The number of nitrogens with one attached hydrogen (secondary N) is 1. The molecule has 24 heavy (non-hydrogen) atoms. The summed E-state index contributed by atoms with van der Waals surface area (Å²) in [5, 5.41) is 2.54. The molecule has 0 bridgehead atoms. The highest BCUT2D eigenvalue weighted by molar-refractivity contribution is 5.96. The lowest BCUT2D eigenvalue weighted by Gasteiger charge is -2.05. The van der Waals surface area contributed by atoms with Gasteiger partial charge in [-0.3, -0.25) is 4.79 Å². The zero-order valence-electron chi connectivity index (χ0n) is 13.1. The van der Waals surface area contributed by atoms with Crippen molar-refractivity contribution in [2.45, 2.75) is 12.8 Å². The highest BCUT2D eigenvalue weighted by Gasteiger charge is 2.07. The van der Waals surface area contributed by atoms with Crippen molar-refractivity contribution in [3.8, 4) is 0 Å². The maximum absolute atomic E-state index is 11.3. The van der Waals surface area contributed by atoms with Crippen molar-refractivity contribution < 1.29 is 4.79 Å². The van der Waals surface area contributed by atoms with E-state index in [4.69, 9.17) is 5.73 Å². The number of hydrogen-bond acceptors (Lipinski definition) is 2. The average Bonchev–Trinajstić information content (AvgIpc) is 3.01. The first-order valence-corrected chi connectivity index (χ1v) is 7.96. The Balaban J connectivity index is 1.61. The molecule has 1 amide bonds. The number of imidazole rings is 1. The van der Waals surface area contributed by atoms with Crippen molar-refractivity contribution in [2.24, 2.45) is 5.73 Å². The van der Waals surface area contributed by atoms with Crippen LogP contribution in [-0.4, -0.2) is 15.9 Å². The molecule has 4 rings (SSSR count). The molecule has 118 valence electrons. The molecular weight excluding hydrogens is 298 g/mol. The molecule has 4 nitrogen and oxygen atoms in total. The van der Waals surface area contributed by atoms with Crippen molar-refractivity contribution in [2.75, 3.05) is 0 Å². The van der Waals surface area contributed by atoms with Gasteiger partial charge in [0.05, 0.1) is 11.0 Å². The summed E-state index contributed by atoms with van der Waals surface area (Å²) in [5.74, 6) is 0.489. The Morgan fingerprint density at radius 3 is 2.71 bits per heavy atom. The normalized spacial score (nSPS) is 11.2. The molecule has 0 saturated heterocycles. The largest absolute Gasteiger partial charge is 0.366 e. The van der Waals surface area contributed by atoms with E-state index in [1.54, 1.807) is 12.1 Å². The number of amides is 1. The number of hydrogen-bond donors (Lipinski definition) is 2. The van der Waals surface area contributed by atoms with Crippen LogP contribution in [0.4, 0.5) is 0 Å². The summed E-state index contributed by atoms with van der Waals surface area (Å²) in [6.45, 7) is 0. The third kappa shape index (κ3) is 2.63. The fraction of sp³-hybridized carbons (Fsp3) is 0.100. The number of aromatic nitrogens is 2. The highest BCUT2D eigenvalue weighted by atomic mass is 16.1. The number of rotatable bonds is 4. The second kappa shape index (κ2) is 5.81. The summed E-state index contributed by atoms with van der Waals surface area (Å²) in [5.41, 5.74) is 8.83. The SMILES string of the molecule is NC(=O)c1ccc2nc(CCc3cccc4ccccc34)[nH]c2c1. The summed E-state index contributed by atoms with van der Waals surface area (Å²) < 4.78 is 0. The number of benzene rings is 3. The van der Waals surface area contributed by atoms with Gasteiger partial charge in [0, 0.05) is 12.0 Å². The standard InChI is InChI=1S/C20H17N3O/c21-20(24)15-8-10-17-18(12-15)23-19(22-17)11-9-14-6-3-5-13-4-1-2-7-16(13)14/h1-8,10,12H,9,11H2,(H2,21,24)(H,22,23). The molecule has 4 aromatic rings. The summed E-state index contributed by atoms with van der Waals surface area (Å²) in [4.78, 5) is 19.2. The van der Waals surface area contributed by atoms with Gasteiger partial charge in [-0.05, 0) is 41.0 Å². The van der Waals surface area contributed by atoms with E-state index in [1.807, 2.05) is 6.07 Å². The number of carbonyl (C=O) groups excluding carboxylic acids is 1. The minimum absolute atomic E-state index is 0.427. The van der Waals surface area contributed by atoms with Gasteiger partial charge in [-0.1, -0.05) is 42.5 Å². The fourth-order valence-corrected chi connectivity index (χ4v) is 3.10. The molecule has 0 spiro atoms. The molecule has 0 unspecified atom stereocenters. The molecule has 1 heterocycles. The Hall–Kier alpha value is -3.14. The predicted molar refractivity (Wildman–Crippen MR) is 96.0 cm³/mol. The molecule has 0 saturated carbocycles. The van der Waals surface area contributed by atoms with E-state index in [-0.39, 0.29) is 0 Å². The number of aryl methyl sites for hydroxylation is 2. The number of fused-ring (bicyclic) bond motifs is 2. The monoisotopic (exact) mass is 315 g/mol.